The Bertz CT molecular complexity index is 301. The largest absolute Gasteiger partial charge is 0.393 e. The molecule has 0 saturated carbocycles. The molecule has 1 saturated heterocycles. The van der Waals surface area contributed by atoms with Crippen molar-refractivity contribution in [1.82, 2.24) is 4.98 Å². The van der Waals surface area contributed by atoms with E-state index in [1.807, 2.05) is 19.1 Å². The average Bonchev–Trinajstić information content (AvgIpc) is 2.19. The van der Waals surface area contributed by atoms with Crippen LogP contribution in [0.3, 0.4) is 0 Å². The van der Waals surface area contributed by atoms with Gasteiger partial charge >= 0.3 is 0 Å². The average molecular weight is 193 g/mol. The van der Waals surface area contributed by atoms with E-state index in [4.69, 9.17) is 4.74 Å². The maximum absolute atomic E-state index is 9.61. The van der Waals surface area contributed by atoms with E-state index >= 15 is 0 Å². The van der Waals surface area contributed by atoms with E-state index in [1.165, 1.54) is 0 Å². The van der Waals surface area contributed by atoms with E-state index in [9.17, 15) is 5.11 Å². The van der Waals surface area contributed by atoms with E-state index in [0.717, 1.165) is 12.0 Å². The van der Waals surface area contributed by atoms with Crippen LogP contribution in [0.1, 0.15) is 25.3 Å². The maximum atomic E-state index is 9.61. The number of aliphatic hydroxyl groups is 1. The van der Waals surface area contributed by atoms with Crippen molar-refractivity contribution in [1.29, 1.82) is 0 Å². The molecule has 76 valence electrons. The molecule has 1 aromatic heterocycles. The van der Waals surface area contributed by atoms with Crippen molar-refractivity contribution in [2.45, 2.75) is 31.5 Å². The van der Waals surface area contributed by atoms with Gasteiger partial charge in [-0.15, -0.1) is 0 Å². The summed E-state index contributed by atoms with van der Waals surface area (Å²) in [6, 6.07) is 3.88. The van der Waals surface area contributed by atoms with Crippen molar-refractivity contribution in [2.75, 3.05) is 6.61 Å². The standard InChI is InChI=1S/C11H15NO2/c1-11(8-10(13)4-7-14-11)9-2-5-12-6-3-9/h2-3,5-6,10,13H,4,7-8H2,1H3. The number of hydrogen-bond donors (Lipinski definition) is 1. The van der Waals surface area contributed by atoms with Gasteiger partial charge in [0.25, 0.3) is 0 Å². The van der Waals surface area contributed by atoms with Crippen LogP contribution < -0.4 is 0 Å². The van der Waals surface area contributed by atoms with Crippen molar-refractivity contribution in [3.8, 4) is 0 Å². The highest BCUT2D eigenvalue weighted by atomic mass is 16.5. The summed E-state index contributed by atoms with van der Waals surface area (Å²) in [6.45, 7) is 2.64. The molecule has 2 rings (SSSR count). The Morgan fingerprint density at radius 2 is 2.21 bits per heavy atom. The second kappa shape index (κ2) is 3.67. The number of hydrogen-bond acceptors (Lipinski definition) is 3. The second-order valence-electron chi connectivity index (χ2n) is 3.96. The fourth-order valence-electron chi connectivity index (χ4n) is 1.94. The molecule has 2 unspecified atom stereocenters. The molecule has 1 N–H and O–H groups in total. The van der Waals surface area contributed by atoms with Gasteiger partial charge in [0, 0.05) is 18.8 Å². The molecular formula is C11H15NO2. The summed E-state index contributed by atoms with van der Waals surface area (Å²) in [5.74, 6) is 0. The van der Waals surface area contributed by atoms with Gasteiger partial charge in [-0.25, -0.2) is 0 Å². The van der Waals surface area contributed by atoms with Crippen LogP contribution in [0.2, 0.25) is 0 Å². The lowest BCUT2D eigenvalue weighted by atomic mass is 9.87. The highest BCUT2D eigenvalue weighted by Crippen LogP contribution is 2.34. The van der Waals surface area contributed by atoms with Crippen molar-refractivity contribution < 1.29 is 9.84 Å². The lowest BCUT2D eigenvalue weighted by molar-refractivity contribution is -0.112. The maximum Gasteiger partial charge on any atom is 0.0929 e. The molecule has 0 radical (unpaired) electrons. The lowest BCUT2D eigenvalue weighted by Crippen LogP contribution is -2.37. The van der Waals surface area contributed by atoms with Gasteiger partial charge in [-0.1, -0.05) is 0 Å². The molecule has 1 aromatic rings. The second-order valence-corrected chi connectivity index (χ2v) is 3.96. The van der Waals surface area contributed by atoms with Crippen LogP contribution >= 0.6 is 0 Å². The summed E-state index contributed by atoms with van der Waals surface area (Å²) in [5.41, 5.74) is 0.743. The molecule has 1 aliphatic rings. The first-order chi connectivity index (χ1) is 6.71. The van der Waals surface area contributed by atoms with Gasteiger partial charge in [0.05, 0.1) is 18.3 Å². The van der Waals surface area contributed by atoms with E-state index in [-0.39, 0.29) is 11.7 Å². The summed E-state index contributed by atoms with van der Waals surface area (Å²) in [5, 5.41) is 9.61. The van der Waals surface area contributed by atoms with Gasteiger partial charge in [-0.2, -0.15) is 0 Å². The van der Waals surface area contributed by atoms with Crippen molar-refractivity contribution in [2.24, 2.45) is 0 Å². The van der Waals surface area contributed by atoms with Crippen LogP contribution in [-0.2, 0) is 10.3 Å². The van der Waals surface area contributed by atoms with Gasteiger partial charge in [0.15, 0.2) is 0 Å². The van der Waals surface area contributed by atoms with Crippen molar-refractivity contribution in [3.63, 3.8) is 0 Å². The molecular weight excluding hydrogens is 178 g/mol. The molecule has 3 heteroatoms. The van der Waals surface area contributed by atoms with Crippen molar-refractivity contribution in [3.05, 3.63) is 30.1 Å². The summed E-state index contributed by atoms with van der Waals surface area (Å²) < 4.78 is 5.73. The molecule has 0 amide bonds. The Morgan fingerprint density at radius 3 is 2.86 bits per heavy atom. The molecule has 0 spiro atoms. The molecule has 0 bridgehead atoms. The van der Waals surface area contributed by atoms with Gasteiger partial charge in [-0.3, -0.25) is 4.98 Å². The Hall–Kier alpha value is -0.930. The molecule has 1 aliphatic heterocycles. The van der Waals surface area contributed by atoms with Crippen LogP contribution in [0.5, 0.6) is 0 Å². The molecule has 2 atom stereocenters. The minimum absolute atomic E-state index is 0.248. The molecule has 1 fully saturated rings. The Kier molecular flexibility index (Phi) is 2.52. The third kappa shape index (κ3) is 1.79. The molecule has 14 heavy (non-hydrogen) atoms. The molecule has 2 heterocycles. The monoisotopic (exact) mass is 193 g/mol. The third-order valence-corrected chi connectivity index (χ3v) is 2.79. The van der Waals surface area contributed by atoms with Gasteiger partial charge < -0.3 is 9.84 Å². The van der Waals surface area contributed by atoms with E-state index in [2.05, 4.69) is 4.98 Å². The third-order valence-electron chi connectivity index (χ3n) is 2.79. The summed E-state index contributed by atoms with van der Waals surface area (Å²) >= 11 is 0. The normalized spacial score (nSPS) is 32.9. The van der Waals surface area contributed by atoms with E-state index in [1.54, 1.807) is 12.4 Å². The highest BCUT2D eigenvalue weighted by molar-refractivity contribution is 5.19. The van der Waals surface area contributed by atoms with Gasteiger partial charge in [0.1, 0.15) is 0 Å². The summed E-state index contributed by atoms with van der Waals surface area (Å²) in [4.78, 5) is 3.97. The fraction of sp³-hybridized carbons (Fsp3) is 0.545. The van der Waals surface area contributed by atoms with Crippen LogP contribution in [0, 0.1) is 0 Å². The number of nitrogens with zero attached hydrogens (tertiary/aromatic N) is 1. The predicted molar refractivity (Wildman–Crippen MR) is 52.8 cm³/mol. The minimum Gasteiger partial charge on any atom is -0.393 e. The highest BCUT2D eigenvalue weighted by Gasteiger charge is 2.33. The molecule has 0 aliphatic carbocycles. The van der Waals surface area contributed by atoms with E-state index < -0.39 is 0 Å². The quantitative estimate of drug-likeness (QED) is 0.734. The van der Waals surface area contributed by atoms with Crippen LogP contribution in [-0.4, -0.2) is 22.8 Å². The lowest BCUT2D eigenvalue weighted by Gasteiger charge is -2.36. The van der Waals surface area contributed by atoms with Crippen LogP contribution in [0.25, 0.3) is 0 Å². The number of aromatic nitrogens is 1. The number of ether oxygens (including phenoxy) is 1. The zero-order valence-electron chi connectivity index (χ0n) is 8.31. The molecule has 3 nitrogen and oxygen atoms in total. The zero-order valence-corrected chi connectivity index (χ0v) is 8.31. The predicted octanol–water partition coefficient (Wildman–Crippen LogP) is 1.47. The Morgan fingerprint density at radius 1 is 1.50 bits per heavy atom. The smallest absolute Gasteiger partial charge is 0.0929 e. The minimum atomic E-state index is -0.347. The van der Waals surface area contributed by atoms with E-state index in [0.29, 0.717) is 13.0 Å². The zero-order chi connectivity index (χ0) is 10.0. The topological polar surface area (TPSA) is 42.4 Å². The van der Waals surface area contributed by atoms with Gasteiger partial charge in [0.2, 0.25) is 0 Å². The number of rotatable bonds is 1. The first-order valence-electron chi connectivity index (χ1n) is 4.93. The Labute approximate surface area is 83.7 Å². The van der Waals surface area contributed by atoms with Gasteiger partial charge in [-0.05, 0) is 31.0 Å². The summed E-state index contributed by atoms with van der Waals surface area (Å²) in [7, 11) is 0. The fourth-order valence-corrected chi connectivity index (χ4v) is 1.94. The Balaban J connectivity index is 2.23. The summed E-state index contributed by atoms with van der Waals surface area (Å²) in [6.07, 6.45) is 4.66. The number of pyridine rings is 1. The van der Waals surface area contributed by atoms with Crippen molar-refractivity contribution >= 4 is 0 Å². The van der Waals surface area contributed by atoms with Crippen LogP contribution in [0.15, 0.2) is 24.5 Å². The van der Waals surface area contributed by atoms with Crippen LogP contribution in [0.4, 0.5) is 0 Å². The first-order valence-corrected chi connectivity index (χ1v) is 4.93. The molecule has 0 aromatic carbocycles. The first kappa shape index (κ1) is 9.62. The number of aliphatic hydroxyl groups excluding tert-OH is 1. The SMILES string of the molecule is CC1(c2ccncc2)CC(O)CCO1.